The summed E-state index contributed by atoms with van der Waals surface area (Å²) in [5.74, 6) is 0.665. The normalized spacial score (nSPS) is 10.2. The molecule has 0 aliphatic rings. The lowest BCUT2D eigenvalue weighted by molar-refractivity contribution is -0.120. The standard InChI is InChI=1S/C15H20ClN3O3/c1-19(2)6-7-22-15-12(16)8-11(9-13(15)21-3)10-18-14(20)4-5-17/h8-9H,4,6-7,10H2,1-3H3,(H,18,20). The number of nitriles is 1. The molecule has 0 radical (unpaired) electrons. The highest BCUT2D eigenvalue weighted by Gasteiger charge is 2.12. The second-order valence-corrected chi connectivity index (χ2v) is 5.28. The van der Waals surface area contributed by atoms with Crippen LogP contribution in [0, 0.1) is 11.3 Å². The van der Waals surface area contributed by atoms with Gasteiger partial charge in [0.05, 0.1) is 18.2 Å². The molecule has 1 aromatic carbocycles. The molecule has 1 rings (SSSR count). The number of benzene rings is 1. The van der Waals surface area contributed by atoms with Crippen LogP contribution in [0.3, 0.4) is 0 Å². The van der Waals surface area contributed by atoms with Gasteiger partial charge >= 0.3 is 0 Å². The van der Waals surface area contributed by atoms with Gasteiger partial charge in [-0.2, -0.15) is 5.26 Å². The molecule has 1 amide bonds. The van der Waals surface area contributed by atoms with Crippen LogP contribution in [0.25, 0.3) is 0 Å². The number of ether oxygens (including phenoxy) is 2. The van der Waals surface area contributed by atoms with Crippen LogP contribution >= 0.6 is 11.6 Å². The maximum Gasteiger partial charge on any atom is 0.234 e. The summed E-state index contributed by atoms with van der Waals surface area (Å²) in [5, 5.41) is 11.5. The number of carbonyl (C=O) groups excluding carboxylic acids is 1. The molecule has 0 saturated heterocycles. The molecule has 1 aromatic rings. The van der Waals surface area contributed by atoms with Crippen molar-refractivity contribution < 1.29 is 14.3 Å². The van der Waals surface area contributed by atoms with E-state index in [1.807, 2.05) is 19.0 Å². The van der Waals surface area contributed by atoms with Crippen molar-refractivity contribution in [2.24, 2.45) is 0 Å². The van der Waals surface area contributed by atoms with Gasteiger partial charge in [-0.25, -0.2) is 0 Å². The predicted molar refractivity (Wildman–Crippen MR) is 84.1 cm³/mol. The number of nitrogens with one attached hydrogen (secondary N) is 1. The summed E-state index contributed by atoms with van der Waals surface area (Å²) < 4.78 is 11.0. The van der Waals surface area contributed by atoms with E-state index in [1.54, 1.807) is 18.2 Å². The Hall–Kier alpha value is -1.97. The lowest BCUT2D eigenvalue weighted by Gasteiger charge is -2.16. The van der Waals surface area contributed by atoms with E-state index in [1.165, 1.54) is 7.11 Å². The lowest BCUT2D eigenvalue weighted by atomic mass is 10.2. The minimum atomic E-state index is -0.330. The molecule has 0 heterocycles. The summed E-state index contributed by atoms with van der Waals surface area (Å²) in [7, 11) is 5.44. The highest BCUT2D eigenvalue weighted by atomic mass is 35.5. The number of carbonyl (C=O) groups is 1. The van der Waals surface area contributed by atoms with E-state index >= 15 is 0 Å². The van der Waals surface area contributed by atoms with Gasteiger partial charge in [0.25, 0.3) is 0 Å². The number of hydrogen-bond donors (Lipinski definition) is 1. The Morgan fingerprint density at radius 3 is 2.77 bits per heavy atom. The first-order valence-electron chi connectivity index (χ1n) is 6.75. The van der Waals surface area contributed by atoms with Crippen LogP contribution in [-0.2, 0) is 11.3 Å². The van der Waals surface area contributed by atoms with Crippen LogP contribution < -0.4 is 14.8 Å². The summed E-state index contributed by atoms with van der Waals surface area (Å²) in [5.41, 5.74) is 0.771. The van der Waals surface area contributed by atoms with Crippen LogP contribution in [0.1, 0.15) is 12.0 Å². The van der Waals surface area contributed by atoms with Crippen molar-refractivity contribution in [2.45, 2.75) is 13.0 Å². The Balaban J connectivity index is 2.77. The SMILES string of the molecule is COc1cc(CNC(=O)CC#N)cc(Cl)c1OCCN(C)C. The maximum atomic E-state index is 11.3. The van der Waals surface area contributed by atoms with Crippen LogP contribution in [0.2, 0.25) is 5.02 Å². The van der Waals surface area contributed by atoms with Gasteiger partial charge in [-0.15, -0.1) is 0 Å². The fourth-order valence-corrected chi connectivity index (χ4v) is 1.97. The highest BCUT2D eigenvalue weighted by Crippen LogP contribution is 2.36. The van der Waals surface area contributed by atoms with Gasteiger partial charge < -0.3 is 19.7 Å². The van der Waals surface area contributed by atoms with Crippen LogP contribution in [0.4, 0.5) is 0 Å². The van der Waals surface area contributed by atoms with Gasteiger partial charge in [-0.1, -0.05) is 11.6 Å². The molecule has 7 heteroatoms. The number of hydrogen-bond acceptors (Lipinski definition) is 5. The molecule has 0 unspecified atom stereocenters. The average molecular weight is 326 g/mol. The number of methoxy groups -OCH3 is 1. The maximum absolute atomic E-state index is 11.3. The van der Waals surface area contributed by atoms with E-state index in [0.717, 1.165) is 12.1 Å². The largest absolute Gasteiger partial charge is 0.493 e. The van der Waals surface area contributed by atoms with Crippen LogP contribution in [-0.4, -0.2) is 45.2 Å². The number of nitrogens with zero attached hydrogens (tertiary/aromatic N) is 2. The monoisotopic (exact) mass is 325 g/mol. The highest BCUT2D eigenvalue weighted by molar-refractivity contribution is 6.32. The second-order valence-electron chi connectivity index (χ2n) is 4.87. The van der Waals surface area contributed by atoms with Gasteiger partial charge in [0.2, 0.25) is 5.91 Å². The quantitative estimate of drug-likeness (QED) is 0.789. The van der Waals surface area contributed by atoms with Gasteiger partial charge in [-0.05, 0) is 31.8 Å². The second kappa shape index (κ2) is 9.13. The minimum Gasteiger partial charge on any atom is -0.493 e. The number of rotatable bonds is 8. The van der Waals surface area contributed by atoms with E-state index < -0.39 is 0 Å². The molecular formula is C15H20ClN3O3. The fraction of sp³-hybridized carbons (Fsp3) is 0.467. The predicted octanol–water partition coefficient (Wildman–Crippen LogP) is 1.82. The smallest absolute Gasteiger partial charge is 0.234 e. The molecular weight excluding hydrogens is 306 g/mol. The molecule has 0 aromatic heterocycles. The Morgan fingerprint density at radius 2 is 2.18 bits per heavy atom. The molecule has 0 atom stereocenters. The molecule has 0 spiro atoms. The molecule has 0 aliphatic heterocycles. The average Bonchev–Trinajstić information content (AvgIpc) is 2.46. The third-order valence-corrected chi connectivity index (χ3v) is 3.08. The molecule has 0 bridgehead atoms. The van der Waals surface area contributed by atoms with Crippen LogP contribution in [0.5, 0.6) is 11.5 Å². The number of amides is 1. The summed E-state index contributed by atoms with van der Waals surface area (Å²) in [6, 6.07) is 5.26. The Labute approximate surface area is 135 Å². The molecule has 22 heavy (non-hydrogen) atoms. The van der Waals surface area contributed by atoms with Gasteiger partial charge in [0.1, 0.15) is 13.0 Å². The van der Waals surface area contributed by atoms with E-state index in [4.69, 9.17) is 26.3 Å². The van der Waals surface area contributed by atoms with Gasteiger partial charge in [0.15, 0.2) is 11.5 Å². The molecule has 6 nitrogen and oxygen atoms in total. The summed E-state index contributed by atoms with van der Waals surface area (Å²) in [4.78, 5) is 13.3. The first kappa shape index (κ1) is 18.1. The zero-order chi connectivity index (χ0) is 16.5. The summed E-state index contributed by atoms with van der Waals surface area (Å²) in [6.07, 6.45) is -0.170. The van der Waals surface area contributed by atoms with Crippen molar-refractivity contribution in [1.29, 1.82) is 5.26 Å². The summed E-state index contributed by atoms with van der Waals surface area (Å²) in [6.45, 7) is 1.52. The molecule has 0 saturated carbocycles. The van der Waals surface area contributed by atoms with E-state index in [0.29, 0.717) is 23.1 Å². The fourth-order valence-electron chi connectivity index (χ4n) is 1.68. The van der Waals surface area contributed by atoms with E-state index in [-0.39, 0.29) is 18.9 Å². The summed E-state index contributed by atoms with van der Waals surface area (Å²) >= 11 is 6.22. The topological polar surface area (TPSA) is 74.6 Å². The van der Waals surface area contributed by atoms with Crippen molar-refractivity contribution in [3.8, 4) is 17.6 Å². The molecule has 1 N–H and O–H groups in total. The lowest BCUT2D eigenvalue weighted by Crippen LogP contribution is -2.22. The third-order valence-electron chi connectivity index (χ3n) is 2.80. The minimum absolute atomic E-state index is 0.170. The number of likely N-dealkylation sites (N-methyl/N-ethyl adjacent to an activating group) is 1. The molecule has 0 aliphatic carbocycles. The Morgan fingerprint density at radius 1 is 1.45 bits per heavy atom. The number of halogens is 1. The van der Waals surface area contributed by atoms with Crippen molar-refractivity contribution in [1.82, 2.24) is 10.2 Å². The van der Waals surface area contributed by atoms with E-state index in [2.05, 4.69) is 5.32 Å². The van der Waals surface area contributed by atoms with Crippen LogP contribution in [0.15, 0.2) is 12.1 Å². The van der Waals surface area contributed by atoms with E-state index in [9.17, 15) is 4.79 Å². The molecule has 120 valence electrons. The Kier molecular flexibility index (Phi) is 7.50. The first-order valence-corrected chi connectivity index (χ1v) is 7.13. The zero-order valence-electron chi connectivity index (χ0n) is 13.0. The van der Waals surface area contributed by atoms with Crippen molar-refractivity contribution in [2.75, 3.05) is 34.4 Å². The van der Waals surface area contributed by atoms with Gasteiger partial charge in [-0.3, -0.25) is 4.79 Å². The first-order chi connectivity index (χ1) is 10.5. The zero-order valence-corrected chi connectivity index (χ0v) is 13.7. The van der Waals surface area contributed by atoms with Gasteiger partial charge in [0, 0.05) is 13.1 Å². The third kappa shape index (κ3) is 5.80. The molecule has 0 fully saturated rings. The van der Waals surface area contributed by atoms with Crippen molar-refractivity contribution >= 4 is 17.5 Å². The van der Waals surface area contributed by atoms with Crippen molar-refractivity contribution in [3.63, 3.8) is 0 Å². The Bertz CT molecular complexity index is 556. The van der Waals surface area contributed by atoms with Crippen molar-refractivity contribution in [3.05, 3.63) is 22.7 Å².